The van der Waals surface area contributed by atoms with E-state index in [0.29, 0.717) is 5.92 Å². The van der Waals surface area contributed by atoms with Crippen molar-refractivity contribution in [2.75, 3.05) is 0 Å². The predicted octanol–water partition coefficient (Wildman–Crippen LogP) is 4.24. The van der Waals surface area contributed by atoms with Crippen LogP contribution in [0.15, 0.2) is 10.5 Å². The summed E-state index contributed by atoms with van der Waals surface area (Å²) in [6.07, 6.45) is 6.39. The summed E-state index contributed by atoms with van der Waals surface area (Å²) in [5.41, 5.74) is 1.02. The van der Waals surface area contributed by atoms with E-state index in [2.05, 4.69) is 24.1 Å². The van der Waals surface area contributed by atoms with Crippen molar-refractivity contribution >= 4 is 6.08 Å². The summed E-state index contributed by atoms with van der Waals surface area (Å²) in [4.78, 5) is 4.29. The summed E-state index contributed by atoms with van der Waals surface area (Å²) in [6, 6.07) is 0. The van der Waals surface area contributed by atoms with Gasteiger partial charge in [-0.3, -0.25) is 0 Å². The lowest BCUT2D eigenvalue weighted by molar-refractivity contribution is 0.439. The van der Waals surface area contributed by atoms with E-state index in [0.717, 1.165) is 30.2 Å². The molecule has 0 bridgehead atoms. The third-order valence-corrected chi connectivity index (χ3v) is 2.18. The quantitative estimate of drug-likeness (QED) is 0.638. The van der Waals surface area contributed by atoms with E-state index in [1.807, 2.05) is 20.8 Å². The molecule has 0 spiro atoms. The number of hydrogen-bond donors (Lipinski definition) is 0. The van der Waals surface area contributed by atoms with Crippen molar-refractivity contribution in [2.24, 2.45) is 5.92 Å². The molecule has 0 aromatic carbocycles. The third-order valence-electron chi connectivity index (χ3n) is 2.18. The van der Waals surface area contributed by atoms with Gasteiger partial charge in [-0.05, 0) is 18.4 Å². The second kappa shape index (κ2) is 6.44. The molecule has 2 heteroatoms. The molecule has 0 radical (unpaired) electrons. The van der Waals surface area contributed by atoms with Crippen molar-refractivity contribution in [1.82, 2.24) is 4.98 Å². The molecule has 0 saturated carbocycles. The summed E-state index contributed by atoms with van der Waals surface area (Å²) < 4.78 is 5.49. The Morgan fingerprint density at radius 1 is 1.40 bits per heavy atom. The second-order valence-corrected chi connectivity index (χ2v) is 3.49. The lowest BCUT2D eigenvalue weighted by Crippen LogP contribution is -1.95. The molecule has 0 amide bonds. The van der Waals surface area contributed by atoms with Crippen molar-refractivity contribution in [3.63, 3.8) is 0 Å². The fourth-order valence-corrected chi connectivity index (χ4v) is 1.57. The van der Waals surface area contributed by atoms with Crippen LogP contribution in [0.3, 0.4) is 0 Å². The zero-order valence-corrected chi connectivity index (χ0v) is 9.50. The van der Waals surface area contributed by atoms with Crippen LogP contribution in [0.4, 0.5) is 0 Å². The number of nitrogens with zero attached hydrogens (tertiary/aromatic N) is 1. The van der Waals surface area contributed by atoms with E-state index in [1.54, 1.807) is 0 Å². The van der Waals surface area contributed by atoms with Crippen LogP contribution in [0.25, 0.3) is 6.08 Å². The number of oxazole rings is 1. The highest BCUT2D eigenvalue weighted by Crippen LogP contribution is 2.22. The van der Waals surface area contributed by atoms with Gasteiger partial charge in [0.1, 0.15) is 11.5 Å². The second-order valence-electron chi connectivity index (χ2n) is 3.49. The maximum atomic E-state index is 5.49. The van der Waals surface area contributed by atoms with Crippen LogP contribution >= 0.6 is 0 Å². The zero-order chi connectivity index (χ0) is 10.6. The molecule has 2 rings (SSSR count). The Hall–Kier alpha value is -1.05. The van der Waals surface area contributed by atoms with Crippen molar-refractivity contribution in [1.29, 1.82) is 0 Å². The number of aromatic nitrogens is 1. The SMILES string of the molecule is C.CC.Cc1nc2c(o1)CC(C)CC=C2. The molecule has 15 heavy (non-hydrogen) atoms. The Morgan fingerprint density at radius 3 is 2.73 bits per heavy atom. The summed E-state index contributed by atoms with van der Waals surface area (Å²) >= 11 is 0. The molecule has 0 saturated heterocycles. The van der Waals surface area contributed by atoms with Gasteiger partial charge >= 0.3 is 0 Å². The van der Waals surface area contributed by atoms with Gasteiger partial charge < -0.3 is 4.42 Å². The largest absolute Gasteiger partial charge is 0.445 e. The molecular weight excluding hydrogens is 186 g/mol. The highest BCUT2D eigenvalue weighted by atomic mass is 16.4. The summed E-state index contributed by atoms with van der Waals surface area (Å²) in [7, 11) is 0. The van der Waals surface area contributed by atoms with Crippen LogP contribution in [0.5, 0.6) is 0 Å². The number of rotatable bonds is 0. The van der Waals surface area contributed by atoms with Crippen LogP contribution in [-0.4, -0.2) is 4.98 Å². The van der Waals surface area contributed by atoms with Gasteiger partial charge in [0.25, 0.3) is 0 Å². The first-order valence-electron chi connectivity index (χ1n) is 5.38. The standard InChI is InChI=1S/C10H13NO.C2H6.CH4/c1-7-4-3-5-9-10(6-7)12-8(2)11-9;1-2;/h3,5,7H,4,6H2,1-2H3;1-2H3;1H4. The van der Waals surface area contributed by atoms with Gasteiger partial charge in [0, 0.05) is 13.3 Å². The van der Waals surface area contributed by atoms with Crippen molar-refractivity contribution < 1.29 is 4.42 Å². The van der Waals surface area contributed by atoms with E-state index < -0.39 is 0 Å². The van der Waals surface area contributed by atoms with Crippen molar-refractivity contribution in [3.05, 3.63) is 23.4 Å². The topological polar surface area (TPSA) is 26.0 Å². The molecule has 1 aromatic rings. The minimum atomic E-state index is 0. The highest BCUT2D eigenvalue weighted by molar-refractivity contribution is 5.47. The van der Waals surface area contributed by atoms with Crippen LogP contribution in [0.1, 0.15) is 52.0 Å². The summed E-state index contributed by atoms with van der Waals surface area (Å²) in [5, 5.41) is 0. The Bertz CT molecular complexity index is 312. The Labute approximate surface area is 93.4 Å². The van der Waals surface area contributed by atoms with Crippen LogP contribution in [0, 0.1) is 12.8 Å². The van der Waals surface area contributed by atoms with Gasteiger partial charge in [-0.2, -0.15) is 0 Å². The molecular formula is C13H23NO. The van der Waals surface area contributed by atoms with E-state index >= 15 is 0 Å². The first-order valence-corrected chi connectivity index (χ1v) is 5.38. The normalized spacial score (nSPS) is 18.0. The number of aryl methyl sites for hydroxylation is 1. The average molecular weight is 209 g/mol. The predicted molar refractivity (Wildman–Crippen MR) is 65.8 cm³/mol. The monoisotopic (exact) mass is 209 g/mol. The molecule has 1 unspecified atom stereocenters. The van der Waals surface area contributed by atoms with E-state index in [4.69, 9.17) is 4.42 Å². The number of fused-ring (bicyclic) bond motifs is 1. The van der Waals surface area contributed by atoms with E-state index in [1.165, 1.54) is 0 Å². The molecule has 0 fully saturated rings. The smallest absolute Gasteiger partial charge is 0.191 e. The Balaban J connectivity index is 0.000000617. The number of hydrogen-bond acceptors (Lipinski definition) is 2. The van der Waals surface area contributed by atoms with Gasteiger partial charge in [0.15, 0.2) is 5.89 Å². The maximum Gasteiger partial charge on any atom is 0.191 e. The highest BCUT2D eigenvalue weighted by Gasteiger charge is 2.14. The molecule has 1 aliphatic carbocycles. The van der Waals surface area contributed by atoms with Crippen LogP contribution < -0.4 is 0 Å². The lowest BCUT2D eigenvalue weighted by Gasteiger charge is -2.02. The molecule has 0 N–H and O–H groups in total. The molecule has 2 nitrogen and oxygen atoms in total. The van der Waals surface area contributed by atoms with Crippen molar-refractivity contribution in [2.45, 2.75) is 48.0 Å². The molecule has 1 heterocycles. The van der Waals surface area contributed by atoms with Crippen molar-refractivity contribution in [3.8, 4) is 0 Å². The zero-order valence-electron chi connectivity index (χ0n) is 9.50. The fraction of sp³-hybridized carbons (Fsp3) is 0.615. The minimum absolute atomic E-state index is 0. The van der Waals surface area contributed by atoms with Gasteiger partial charge in [-0.25, -0.2) is 4.98 Å². The Morgan fingerprint density at radius 2 is 2.07 bits per heavy atom. The Kier molecular flexibility index (Phi) is 5.99. The molecule has 1 aliphatic rings. The fourth-order valence-electron chi connectivity index (χ4n) is 1.57. The lowest BCUT2D eigenvalue weighted by atomic mass is 10.0. The van der Waals surface area contributed by atoms with Gasteiger partial charge in [0.05, 0.1) is 0 Å². The van der Waals surface area contributed by atoms with Crippen LogP contribution in [0.2, 0.25) is 0 Å². The number of allylic oxidation sites excluding steroid dienone is 1. The minimum Gasteiger partial charge on any atom is -0.445 e. The molecule has 0 aliphatic heterocycles. The van der Waals surface area contributed by atoms with E-state index in [9.17, 15) is 0 Å². The van der Waals surface area contributed by atoms with Gasteiger partial charge in [-0.15, -0.1) is 0 Å². The van der Waals surface area contributed by atoms with E-state index in [-0.39, 0.29) is 7.43 Å². The first-order chi connectivity index (χ1) is 6.75. The molecule has 1 atom stereocenters. The summed E-state index contributed by atoms with van der Waals surface area (Å²) in [6.45, 7) is 8.13. The maximum absolute atomic E-state index is 5.49. The van der Waals surface area contributed by atoms with Gasteiger partial charge in [0.2, 0.25) is 0 Å². The molecule has 1 aromatic heterocycles. The molecule has 86 valence electrons. The van der Waals surface area contributed by atoms with Crippen LogP contribution in [-0.2, 0) is 6.42 Å². The van der Waals surface area contributed by atoms with Gasteiger partial charge in [-0.1, -0.05) is 34.3 Å². The third kappa shape index (κ3) is 3.54. The summed E-state index contributed by atoms with van der Waals surface area (Å²) in [5.74, 6) is 2.50. The first kappa shape index (κ1) is 13.9. The average Bonchev–Trinajstić information content (AvgIpc) is 2.41.